The van der Waals surface area contributed by atoms with Crippen molar-refractivity contribution in [3.63, 3.8) is 0 Å². The third-order valence-electron chi connectivity index (χ3n) is 1.64. The molecule has 4 N–H and O–H groups in total. The summed E-state index contributed by atoms with van der Waals surface area (Å²) >= 11 is 0. The zero-order valence-corrected chi connectivity index (χ0v) is 5.96. The molecule has 5 heteroatoms. The van der Waals surface area contributed by atoms with Crippen molar-refractivity contribution < 1.29 is 14.7 Å². The molecule has 62 valence electrons. The van der Waals surface area contributed by atoms with Crippen LogP contribution in [0.1, 0.15) is 12.8 Å². The van der Waals surface area contributed by atoms with Gasteiger partial charge in [0.1, 0.15) is 6.54 Å². The van der Waals surface area contributed by atoms with Crippen LogP contribution >= 0.6 is 0 Å². The first-order valence-corrected chi connectivity index (χ1v) is 3.33. The maximum Gasteiger partial charge on any atom is 0.322 e. The normalized spacial score (nSPS) is 19.0. The average Bonchev–Trinajstić information content (AvgIpc) is 2.64. The summed E-state index contributed by atoms with van der Waals surface area (Å²) in [6.45, 7) is -0.349. The van der Waals surface area contributed by atoms with Crippen molar-refractivity contribution in [2.75, 3.05) is 6.54 Å². The number of hydrogen-bond donors (Lipinski definition) is 3. The monoisotopic (exact) mass is 158 g/mol. The summed E-state index contributed by atoms with van der Waals surface area (Å²) < 4.78 is 0. The molecule has 0 aromatic rings. The Hall–Kier alpha value is -1.10. The molecule has 0 aromatic carbocycles. The Labute approximate surface area is 63.6 Å². The van der Waals surface area contributed by atoms with E-state index in [2.05, 4.69) is 5.32 Å². The van der Waals surface area contributed by atoms with Crippen LogP contribution in [-0.2, 0) is 9.59 Å². The number of hydrogen-bond acceptors (Lipinski definition) is 3. The van der Waals surface area contributed by atoms with Crippen molar-refractivity contribution >= 4 is 11.9 Å². The van der Waals surface area contributed by atoms with Gasteiger partial charge in [-0.3, -0.25) is 9.59 Å². The van der Waals surface area contributed by atoms with E-state index < -0.39 is 11.5 Å². The van der Waals surface area contributed by atoms with Gasteiger partial charge in [-0.25, -0.2) is 0 Å². The molecule has 5 nitrogen and oxygen atoms in total. The lowest BCUT2D eigenvalue weighted by molar-refractivity contribution is -0.138. The Morgan fingerprint density at radius 1 is 1.55 bits per heavy atom. The van der Waals surface area contributed by atoms with Crippen molar-refractivity contribution in [1.82, 2.24) is 5.32 Å². The van der Waals surface area contributed by atoms with Crippen LogP contribution in [0.3, 0.4) is 0 Å². The van der Waals surface area contributed by atoms with Gasteiger partial charge in [-0.1, -0.05) is 0 Å². The topological polar surface area (TPSA) is 92.4 Å². The Morgan fingerprint density at radius 2 is 2.09 bits per heavy atom. The van der Waals surface area contributed by atoms with Gasteiger partial charge in [-0.2, -0.15) is 0 Å². The van der Waals surface area contributed by atoms with E-state index in [1.165, 1.54) is 0 Å². The number of carbonyl (C=O) groups excluding carboxylic acids is 1. The second-order valence-electron chi connectivity index (χ2n) is 2.73. The van der Waals surface area contributed by atoms with Crippen molar-refractivity contribution in [2.45, 2.75) is 18.4 Å². The van der Waals surface area contributed by atoms with E-state index in [9.17, 15) is 9.59 Å². The number of nitrogens with one attached hydrogen (secondary N) is 1. The number of carboxylic acids is 1. The van der Waals surface area contributed by atoms with Crippen LogP contribution in [0.2, 0.25) is 0 Å². The molecule has 1 rings (SSSR count). The van der Waals surface area contributed by atoms with E-state index >= 15 is 0 Å². The highest BCUT2D eigenvalue weighted by Gasteiger charge is 2.45. The molecule has 1 saturated carbocycles. The van der Waals surface area contributed by atoms with Gasteiger partial charge >= 0.3 is 5.97 Å². The Kier molecular flexibility index (Phi) is 1.82. The van der Waals surface area contributed by atoms with E-state index in [1.54, 1.807) is 0 Å². The molecule has 0 aliphatic heterocycles. The highest BCUT2D eigenvalue weighted by Crippen LogP contribution is 2.31. The fourth-order valence-electron chi connectivity index (χ4n) is 0.694. The number of nitrogens with two attached hydrogens (primary N) is 1. The van der Waals surface area contributed by atoms with Crippen molar-refractivity contribution in [1.29, 1.82) is 0 Å². The number of aliphatic carboxylic acids is 1. The number of rotatable bonds is 3. The first kappa shape index (κ1) is 8.00. The summed E-state index contributed by atoms with van der Waals surface area (Å²) in [5.74, 6) is -1.41. The van der Waals surface area contributed by atoms with E-state index in [4.69, 9.17) is 10.8 Å². The zero-order chi connectivity index (χ0) is 8.48. The largest absolute Gasteiger partial charge is 0.480 e. The summed E-state index contributed by atoms with van der Waals surface area (Å²) in [5.41, 5.74) is 4.70. The number of carboxylic acid groups (broad SMARTS) is 1. The maximum atomic E-state index is 10.9. The third-order valence-corrected chi connectivity index (χ3v) is 1.64. The lowest BCUT2D eigenvalue weighted by Gasteiger charge is -2.06. The molecule has 1 fully saturated rings. The smallest absolute Gasteiger partial charge is 0.322 e. The molecule has 0 saturated heterocycles. The molecular weight excluding hydrogens is 148 g/mol. The number of carbonyl (C=O) groups is 2. The lowest BCUT2D eigenvalue weighted by atomic mass is 10.3. The van der Waals surface area contributed by atoms with Gasteiger partial charge in [-0.05, 0) is 12.8 Å². The molecule has 0 atom stereocenters. The van der Waals surface area contributed by atoms with Crippen LogP contribution < -0.4 is 11.1 Å². The van der Waals surface area contributed by atoms with Gasteiger partial charge < -0.3 is 16.2 Å². The summed E-state index contributed by atoms with van der Waals surface area (Å²) in [5, 5.41) is 10.4. The van der Waals surface area contributed by atoms with Crippen LogP contribution in [0, 0.1) is 0 Å². The van der Waals surface area contributed by atoms with Gasteiger partial charge in [-0.15, -0.1) is 0 Å². The molecule has 1 aliphatic carbocycles. The molecule has 0 spiro atoms. The molecule has 1 amide bonds. The lowest BCUT2D eigenvalue weighted by Crippen LogP contribution is -2.44. The van der Waals surface area contributed by atoms with Crippen LogP contribution in [-0.4, -0.2) is 29.1 Å². The van der Waals surface area contributed by atoms with Crippen LogP contribution in [0.25, 0.3) is 0 Å². The molecule has 0 bridgehead atoms. The fourth-order valence-corrected chi connectivity index (χ4v) is 0.694. The van der Waals surface area contributed by atoms with E-state index in [0.29, 0.717) is 12.8 Å². The van der Waals surface area contributed by atoms with Crippen molar-refractivity contribution in [3.8, 4) is 0 Å². The average molecular weight is 158 g/mol. The molecule has 11 heavy (non-hydrogen) atoms. The summed E-state index contributed by atoms with van der Waals surface area (Å²) in [4.78, 5) is 20.9. The highest BCUT2D eigenvalue weighted by molar-refractivity contribution is 5.91. The fraction of sp³-hybridized carbons (Fsp3) is 0.667. The number of amides is 1. The maximum absolute atomic E-state index is 10.9. The Bertz CT molecular complexity index is 198. The van der Waals surface area contributed by atoms with Gasteiger partial charge in [0.15, 0.2) is 0 Å². The van der Waals surface area contributed by atoms with Crippen molar-refractivity contribution in [2.24, 2.45) is 5.73 Å². The van der Waals surface area contributed by atoms with Gasteiger partial charge in [0.05, 0.1) is 5.54 Å². The van der Waals surface area contributed by atoms with Crippen molar-refractivity contribution in [3.05, 3.63) is 0 Å². The standard InChI is InChI=1S/C6H10N2O3/c7-6(1-2-6)5(11)8-3-4(9)10/h1-3,7H2,(H,8,11)(H,9,10). The first-order valence-electron chi connectivity index (χ1n) is 3.33. The van der Waals surface area contributed by atoms with E-state index in [0.717, 1.165) is 0 Å². The molecule has 0 aromatic heterocycles. The predicted molar refractivity (Wildman–Crippen MR) is 36.8 cm³/mol. The molecule has 0 heterocycles. The third kappa shape index (κ3) is 1.91. The molecular formula is C6H10N2O3. The van der Waals surface area contributed by atoms with Crippen LogP contribution in [0.4, 0.5) is 0 Å². The summed E-state index contributed by atoms with van der Waals surface area (Å²) in [7, 11) is 0. The summed E-state index contributed by atoms with van der Waals surface area (Å²) in [6.07, 6.45) is 1.30. The summed E-state index contributed by atoms with van der Waals surface area (Å²) in [6, 6.07) is 0. The second-order valence-corrected chi connectivity index (χ2v) is 2.73. The Balaban J connectivity index is 2.27. The Morgan fingerprint density at radius 3 is 2.45 bits per heavy atom. The zero-order valence-electron chi connectivity index (χ0n) is 5.96. The van der Waals surface area contributed by atoms with E-state index in [1.807, 2.05) is 0 Å². The minimum absolute atomic E-state index is 0.349. The van der Waals surface area contributed by atoms with Gasteiger partial charge in [0.25, 0.3) is 0 Å². The minimum Gasteiger partial charge on any atom is -0.480 e. The minimum atomic E-state index is -1.05. The van der Waals surface area contributed by atoms with E-state index in [-0.39, 0.29) is 12.5 Å². The van der Waals surface area contributed by atoms with Crippen LogP contribution in [0.5, 0.6) is 0 Å². The molecule has 0 unspecified atom stereocenters. The molecule has 1 aliphatic rings. The second kappa shape index (κ2) is 2.50. The quantitative estimate of drug-likeness (QED) is 0.475. The van der Waals surface area contributed by atoms with Crippen LogP contribution in [0.15, 0.2) is 0 Å². The predicted octanol–water partition coefficient (Wildman–Crippen LogP) is -1.32. The van der Waals surface area contributed by atoms with Gasteiger partial charge in [0.2, 0.25) is 5.91 Å². The highest BCUT2D eigenvalue weighted by atomic mass is 16.4. The SMILES string of the molecule is NC1(C(=O)NCC(=O)O)CC1. The first-order chi connectivity index (χ1) is 5.04. The van der Waals surface area contributed by atoms with Gasteiger partial charge in [0, 0.05) is 0 Å². The molecule has 0 radical (unpaired) electrons.